The minimum absolute atomic E-state index is 0.435. The van der Waals surface area contributed by atoms with E-state index in [0.29, 0.717) is 12.0 Å². The molecule has 3 heteroatoms. The summed E-state index contributed by atoms with van der Waals surface area (Å²) < 4.78 is 0. The lowest BCUT2D eigenvalue weighted by Crippen LogP contribution is -2.50. The van der Waals surface area contributed by atoms with Crippen LogP contribution in [0.15, 0.2) is 0 Å². The van der Waals surface area contributed by atoms with Crippen molar-refractivity contribution in [1.29, 1.82) is 0 Å². The van der Waals surface area contributed by atoms with Gasteiger partial charge in [-0.05, 0) is 45.1 Å². The van der Waals surface area contributed by atoms with Gasteiger partial charge < -0.3 is 5.73 Å². The lowest BCUT2D eigenvalue weighted by Gasteiger charge is -2.38. The number of piperidine rings is 1. The van der Waals surface area contributed by atoms with E-state index in [-0.39, 0.29) is 0 Å². The zero-order chi connectivity index (χ0) is 12.0. The van der Waals surface area contributed by atoms with Crippen molar-refractivity contribution in [2.24, 2.45) is 11.7 Å². The molecule has 3 fully saturated rings. The molecule has 3 rings (SSSR count). The Hall–Kier alpha value is -0.120. The van der Waals surface area contributed by atoms with Crippen LogP contribution in [0.3, 0.4) is 0 Å². The van der Waals surface area contributed by atoms with Gasteiger partial charge in [-0.15, -0.1) is 0 Å². The summed E-state index contributed by atoms with van der Waals surface area (Å²) in [6.45, 7) is 8.48. The van der Waals surface area contributed by atoms with E-state index < -0.39 is 0 Å². The van der Waals surface area contributed by atoms with Crippen molar-refractivity contribution in [2.45, 2.75) is 63.7 Å². The van der Waals surface area contributed by atoms with Crippen LogP contribution in [0.2, 0.25) is 0 Å². The highest BCUT2D eigenvalue weighted by molar-refractivity contribution is 4.98. The van der Waals surface area contributed by atoms with Crippen LogP contribution in [0.25, 0.3) is 0 Å². The third-order valence-electron chi connectivity index (χ3n) is 5.14. The lowest BCUT2D eigenvalue weighted by molar-refractivity contribution is 0.116. The molecule has 2 N–H and O–H groups in total. The zero-order valence-electron chi connectivity index (χ0n) is 11.3. The largest absolute Gasteiger partial charge is 0.327 e. The van der Waals surface area contributed by atoms with Gasteiger partial charge in [-0.1, -0.05) is 6.92 Å². The molecule has 2 saturated heterocycles. The molecule has 1 aliphatic carbocycles. The number of rotatable bonds is 2. The van der Waals surface area contributed by atoms with Gasteiger partial charge in [-0.3, -0.25) is 9.80 Å². The molecule has 3 aliphatic rings. The van der Waals surface area contributed by atoms with Crippen molar-refractivity contribution in [2.75, 3.05) is 19.6 Å². The summed E-state index contributed by atoms with van der Waals surface area (Å²) in [7, 11) is 0. The summed E-state index contributed by atoms with van der Waals surface area (Å²) >= 11 is 0. The fraction of sp³-hybridized carbons (Fsp3) is 1.00. The topological polar surface area (TPSA) is 32.5 Å². The Bertz CT molecular complexity index is 277. The van der Waals surface area contributed by atoms with E-state index in [1.54, 1.807) is 0 Å². The molecule has 0 aromatic rings. The molecule has 0 amide bonds. The smallest absolute Gasteiger partial charge is 0.0238 e. The van der Waals surface area contributed by atoms with Gasteiger partial charge in [0.15, 0.2) is 0 Å². The van der Waals surface area contributed by atoms with E-state index >= 15 is 0 Å². The fourth-order valence-corrected chi connectivity index (χ4v) is 3.73. The van der Waals surface area contributed by atoms with Gasteiger partial charge >= 0.3 is 0 Å². The Labute approximate surface area is 105 Å². The van der Waals surface area contributed by atoms with Crippen LogP contribution in [0, 0.1) is 5.92 Å². The molecule has 4 unspecified atom stereocenters. The Morgan fingerprint density at radius 1 is 1.00 bits per heavy atom. The van der Waals surface area contributed by atoms with Crippen LogP contribution < -0.4 is 5.73 Å². The minimum Gasteiger partial charge on any atom is -0.327 e. The van der Waals surface area contributed by atoms with E-state index in [1.807, 2.05) is 0 Å². The van der Waals surface area contributed by atoms with Gasteiger partial charge in [-0.25, -0.2) is 0 Å². The number of nitrogens with two attached hydrogens (primary N) is 1. The molecule has 0 spiro atoms. The molecule has 4 atom stereocenters. The van der Waals surface area contributed by atoms with Gasteiger partial charge in [0.25, 0.3) is 0 Å². The highest BCUT2D eigenvalue weighted by Crippen LogP contribution is 2.35. The molecule has 3 nitrogen and oxygen atoms in total. The first-order valence-corrected chi connectivity index (χ1v) is 7.40. The summed E-state index contributed by atoms with van der Waals surface area (Å²) in [5, 5.41) is 0. The maximum Gasteiger partial charge on any atom is 0.0238 e. The number of nitrogens with zero attached hydrogens (tertiary/aromatic N) is 2. The SMILES string of the molecule is CC1CN(C2CC(C)N(C3CC3)C2)CCC1N. The quantitative estimate of drug-likeness (QED) is 0.785. The summed E-state index contributed by atoms with van der Waals surface area (Å²) in [6, 6.07) is 2.98. The number of hydrogen-bond donors (Lipinski definition) is 1. The summed E-state index contributed by atoms with van der Waals surface area (Å²) in [5.41, 5.74) is 6.11. The molecule has 0 radical (unpaired) electrons. The van der Waals surface area contributed by atoms with Crippen molar-refractivity contribution >= 4 is 0 Å². The predicted octanol–water partition coefficient (Wildman–Crippen LogP) is 1.28. The fourth-order valence-electron chi connectivity index (χ4n) is 3.73. The van der Waals surface area contributed by atoms with Crippen molar-refractivity contribution in [3.05, 3.63) is 0 Å². The highest BCUT2D eigenvalue weighted by Gasteiger charge is 2.41. The second-order valence-corrected chi connectivity index (χ2v) is 6.59. The zero-order valence-corrected chi connectivity index (χ0v) is 11.3. The molecular formula is C14H27N3. The molecule has 0 bridgehead atoms. The summed E-state index contributed by atoms with van der Waals surface area (Å²) in [5.74, 6) is 0.675. The first kappa shape index (κ1) is 11.9. The van der Waals surface area contributed by atoms with Gasteiger partial charge in [0, 0.05) is 37.3 Å². The third kappa shape index (κ3) is 2.38. The van der Waals surface area contributed by atoms with Crippen LogP contribution >= 0.6 is 0 Å². The molecule has 2 aliphatic heterocycles. The molecule has 2 heterocycles. The van der Waals surface area contributed by atoms with E-state index in [9.17, 15) is 0 Å². The Morgan fingerprint density at radius 3 is 2.41 bits per heavy atom. The van der Waals surface area contributed by atoms with Crippen LogP contribution in [-0.4, -0.2) is 53.6 Å². The molecular weight excluding hydrogens is 210 g/mol. The van der Waals surface area contributed by atoms with Crippen molar-refractivity contribution in [3.63, 3.8) is 0 Å². The van der Waals surface area contributed by atoms with Crippen LogP contribution in [0.1, 0.15) is 39.5 Å². The lowest BCUT2D eigenvalue weighted by atomic mass is 9.93. The first-order chi connectivity index (χ1) is 8.15. The number of likely N-dealkylation sites (tertiary alicyclic amines) is 2. The van der Waals surface area contributed by atoms with Crippen LogP contribution in [0.5, 0.6) is 0 Å². The molecule has 0 aromatic heterocycles. The van der Waals surface area contributed by atoms with Crippen LogP contribution in [-0.2, 0) is 0 Å². The number of hydrogen-bond acceptors (Lipinski definition) is 3. The molecule has 17 heavy (non-hydrogen) atoms. The standard InChI is InChI=1S/C14H27N3/c1-10-8-16(6-5-14(10)15)13-7-11(2)17(9-13)12-3-4-12/h10-14H,3-9,15H2,1-2H3. The average molecular weight is 237 g/mol. The van der Waals surface area contributed by atoms with E-state index in [1.165, 1.54) is 45.3 Å². The normalized spacial score (nSPS) is 45.4. The monoisotopic (exact) mass is 237 g/mol. The maximum absolute atomic E-state index is 6.11. The first-order valence-electron chi connectivity index (χ1n) is 7.40. The molecule has 1 saturated carbocycles. The molecule has 0 aromatic carbocycles. The van der Waals surface area contributed by atoms with Crippen LogP contribution in [0.4, 0.5) is 0 Å². The summed E-state index contributed by atoms with van der Waals surface area (Å²) in [6.07, 6.45) is 5.45. The average Bonchev–Trinajstić information content (AvgIpc) is 3.06. The van der Waals surface area contributed by atoms with Gasteiger partial charge in [0.1, 0.15) is 0 Å². The second-order valence-electron chi connectivity index (χ2n) is 6.59. The third-order valence-corrected chi connectivity index (χ3v) is 5.14. The predicted molar refractivity (Wildman–Crippen MR) is 70.9 cm³/mol. The van der Waals surface area contributed by atoms with Gasteiger partial charge in [0.2, 0.25) is 0 Å². The van der Waals surface area contributed by atoms with Gasteiger partial charge in [0.05, 0.1) is 0 Å². The Kier molecular flexibility index (Phi) is 3.18. The van der Waals surface area contributed by atoms with Crippen molar-refractivity contribution < 1.29 is 0 Å². The van der Waals surface area contributed by atoms with E-state index in [2.05, 4.69) is 23.6 Å². The minimum atomic E-state index is 0.435. The molecule has 98 valence electrons. The Morgan fingerprint density at radius 2 is 1.76 bits per heavy atom. The summed E-state index contributed by atoms with van der Waals surface area (Å²) in [4.78, 5) is 5.47. The second kappa shape index (κ2) is 4.52. The maximum atomic E-state index is 6.11. The van der Waals surface area contributed by atoms with Crippen molar-refractivity contribution in [1.82, 2.24) is 9.80 Å². The highest BCUT2D eigenvalue weighted by atomic mass is 15.3. The van der Waals surface area contributed by atoms with E-state index in [4.69, 9.17) is 5.73 Å². The van der Waals surface area contributed by atoms with Crippen molar-refractivity contribution in [3.8, 4) is 0 Å². The van der Waals surface area contributed by atoms with E-state index in [0.717, 1.165) is 18.1 Å². The Balaban J connectivity index is 1.58. The van der Waals surface area contributed by atoms with Gasteiger partial charge in [-0.2, -0.15) is 0 Å².